The minimum atomic E-state index is -0.405. The molecule has 0 unspecified atom stereocenters. The van der Waals surface area contributed by atoms with Crippen molar-refractivity contribution < 1.29 is 9.84 Å². The molecule has 7 heteroatoms. The number of nitrogens with zero attached hydrogens (tertiary/aromatic N) is 2. The van der Waals surface area contributed by atoms with E-state index in [1.165, 1.54) is 5.56 Å². The Kier molecular flexibility index (Phi) is 5.69. The zero-order valence-electron chi connectivity index (χ0n) is 17.3. The Morgan fingerprint density at radius 1 is 1.24 bits per heavy atom. The number of β-amino-alcohol motifs (C(OH)–C–C–N with tert-alkyl or cyclic N) is 1. The normalized spacial score (nSPS) is 18.9. The van der Waals surface area contributed by atoms with Crippen LogP contribution in [0.15, 0.2) is 18.2 Å². The van der Waals surface area contributed by atoms with Crippen LogP contribution in [0.5, 0.6) is 5.75 Å². The van der Waals surface area contributed by atoms with Crippen LogP contribution < -0.4 is 20.7 Å². The molecule has 0 bridgehead atoms. The van der Waals surface area contributed by atoms with Crippen LogP contribution in [-0.2, 0) is 6.42 Å². The maximum atomic E-state index is 10.3. The number of fused-ring (bicyclic) bond motifs is 1. The number of aliphatic hydroxyl groups is 1. The zero-order valence-corrected chi connectivity index (χ0v) is 17.3. The van der Waals surface area contributed by atoms with Crippen LogP contribution in [0.4, 0.5) is 17.5 Å². The number of benzene rings is 1. The van der Waals surface area contributed by atoms with Crippen molar-refractivity contribution in [2.24, 2.45) is 0 Å². The van der Waals surface area contributed by atoms with Crippen molar-refractivity contribution in [3.63, 3.8) is 0 Å². The minimum Gasteiger partial charge on any atom is -0.493 e. The molecule has 1 aromatic carbocycles. The Labute approximate surface area is 171 Å². The van der Waals surface area contributed by atoms with Crippen molar-refractivity contribution in [1.82, 2.24) is 15.3 Å². The van der Waals surface area contributed by atoms with E-state index in [1.807, 2.05) is 20.0 Å². The predicted octanol–water partition coefficient (Wildman–Crippen LogP) is 2.94. The summed E-state index contributed by atoms with van der Waals surface area (Å²) in [4.78, 5) is 9.08. The zero-order chi connectivity index (χ0) is 20.4. The molecule has 0 spiro atoms. The van der Waals surface area contributed by atoms with Gasteiger partial charge in [0.05, 0.1) is 12.7 Å². The number of hydrogen-bond donors (Lipinski definition) is 4. The Hall–Kier alpha value is -2.64. The minimum absolute atomic E-state index is 0.405. The molecule has 2 aliphatic rings. The van der Waals surface area contributed by atoms with Crippen molar-refractivity contribution in [3.05, 3.63) is 40.6 Å². The van der Waals surface area contributed by atoms with Crippen molar-refractivity contribution >= 4 is 23.0 Å². The highest BCUT2D eigenvalue weighted by Crippen LogP contribution is 2.42. The van der Waals surface area contributed by atoms with E-state index < -0.39 is 6.10 Å². The summed E-state index contributed by atoms with van der Waals surface area (Å²) >= 11 is 0. The third-order valence-corrected chi connectivity index (χ3v) is 5.46. The molecule has 29 heavy (non-hydrogen) atoms. The van der Waals surface area contributed by atoms with Crippen LogP contribution in [0.3, 0.4) is 0 Å². The smallest absolute Gasteiger partial charge is 0.229 e. The number of aliphatic hydroxyl groups excluding tert-OH is 1. The van der Waals surface area contributed by atoms with Gasteiger partial charge in [0.1, 0.15) is 11.6 Å². The average Bonchev–Trinajstić information content (AvgIpc) is 2.92. The van der Waals surface area contributed by atoms with Gasteiger partial charge in [-0.15, -0.1) is 0 Å². The van der Waals surface area contributed by atoms with Crippen LogP contribution in [-0.4, -0.2) is 47.9 Å². The topological polar surface area (TPSA) is 91.3 Å². The summed E-state index contributed by atoms with van der Waals surface area (Å²) < 4.78 is 6.11. The Morgan fingerprint density at radius 3 is 2.93 bits per heavy atom. The van der Waals surface area contributed by atoms with E-state index in [-0.39, 0.29) is 0 Å². The molecule has 0 saturated heterocycles. The van der Waals surface area contributed by atoms with E-state index in [0.29, 0.717) is 18.9 Å². The summed E-state index contributed by atoms with van der Waals surface area (Å²) in [5, 5.41) is 20.1. The highest BCUT2D eigenvalue weighted by Gasteiger charge is 2.24. The van der Waals surface area contributed by atoms with Gasteiger partial charge in [0.2, 0.25) is 5.95 Å². The quantitative estimate of drug-likeness (QED) is 0.633. The number of rotatable bonds is 4. The lowest BCUT2D eigenvalue weighted by Gasteiger charge is -2.26. The van der Waals surface area contributed by atoms with Crippen LogP contribution >= 0.6 is 0 Å². The second-order valence-corrected chi connectivity index (χ2v) is 7.70. The van der Waals surface area contributed by atoms with Crippen LogP contribution in [0, 0.1) is 13.8 Å². The number of aromatic nitrogens is 2. The molecule has 2 aliphatic heterocycles. The molecular formula is C22H29N5O2. The highest BCUT2D eigenvalue weighted by molar-refractivity contribution is 5.81. The van der Waals surface area contributed by atoms with Crippen LogP contribution in [0.1, 0.15) is 35.2 Å². The van der Waals surface area contributed by atoms with Crippen molar-refractivity contribution in [1.29, 1.82) is 0 Å². The van der Waals surface area contributed by atoms with E-state index in [4.69, 9.17) is 4.74 Å². The number of anilines is 3. The fourth-order valence-corrected chi connectivity index (χ4v) is 4.05. The van der Waals surface area contributed by atoms with Crippen LogP contribution in [0.25, 0.3) is 5.57 Å². The first-order valence-electron chi connectivity index (χ1n) is 10.2. The molecule has 0 radical (unpaired) electrons. The first kappa shape index (κ1) is 19.7. The van der Waals surface area contributed by atoms with Gasteiger partial charge in [-0.25, -0.2) is 4.98 Å². The van der Waals surface area contributed by atoms with Gasteiger partial charge in [0.25, 0.3) is 0 Å². The summed E-state index contributed by atoms with van der Waals surface area (Å²) in [6.45, 7) is 6.12. The van der Waals surface area contributed by atoms with E-state index in [0.717, 1.165) is 65.6 Å². The Balaban J connectivity index is 1.79. The molecule has 0 amide bonds. The van der Waals surface area contributed by atoms with Crippen LogP contribution in [0.2, 0.25) is 0 Å². The molecule has 2 aromatic rings. The third kappa shape index (κ3) is 4.21. The Morgan fingerprint density at radius 2 is 2.10 bits per heavy atom. The maximum absolute atomic E-state index is 10.3. The predicted molar refractivity (Wildman–Crippen MR) is 116 cm³/mol. The van der Waals surface area contributed by atoms with E-state index >= 15 is 0 Å². The molecule has 4 N–H and O–H groups in total. The first-order valence-corrected chi connectivity index (χ1v) is 10.2. The van der Waals surface area contributed by atoms with Gasteiger partial charge in [-0.3, -0.25) is 0 Å². The lowest BCUT2D eigenvalue weighted by atomic mass is 9.89. The SMILES string of the molecule is CNc1cc(C)nc(Nc2cc3c(c(C4=CCNC[C@@H](O)C4)c2C)OCCC3)n1. The summed E-state index contributed by atoms with van der Waals surface area (Å²) in [7, 11) is 1.85. The van der Waals surface area contributed by atoms with Gasteiger partial charge in [-0.05, 0) is 49.5 Å². The first-order chi connectivity index (χ1) is 14.0. The fourth-order valence-electron chi connectivity index (χ4n) is 4.05. The summed E-state index contributed by atoms with van der Waals surface area (Å²) in [5.41, 5.74) is 6.36. The summed E-state index contributed by atoms with van der Waals surface area (Å²) in [6.07, 6.45) is 4.35. The molecule has 0 saturated carbocycles. The maximum Gasteiger partial charge on any atom is 0.229 e. The van der Waals surface area contributed by atoms with Crippen molar-refractivity contribution in [3.8, 4) is 5.75 Å². The van der Waals surface area contributed by atoms with Gasteiger partial charge in [0, 0.05) is 49.6 Å². The van der Waals surface area contributed by atoms with Gasteiger partial charge in [-0.2, -0.15) is 4.98 Å². The van der Waals surface area contributed by atoms with Gasteiger partial charge < -0.3 is 25.8 Å². The van der Waals surface area contributed by atoms with E-state index in [1.54, 1.807) is 0 Å². The second-order valence-electron chi connectivity index (χ2n) is 7.70. The standard InChI is InChI=1S/C22H29N5O2/c1-13-9-19(23-3)27-22(25-13)26-18-11-16-5-4-8-29-21(16)20(14(18)2)15-6-7-24-12-17(28)10-15/h6,9,11,17,24,28H,4-5,7-8,10,12H2,1-3H3,(H2,23,25,26,27)/t17-/m0/s1. The molecule has 7 nitrogen and oxygen atoms in total. The van der Waals surface area contributed by atoms with E-state index in [9.17, 15) is 5.11 Å². The number of aryl methyl sites for hydroxylation is 2. The number of hydrogen-bond acceptors (Lipinski definition) is 7. The molecule has 0 fully saturated rings. The van der Waals surface area contributed by atoms with E-state index in [2.05, 4.69) is 45.0 Å². The third-order valence-electron chi connectivity index (χ3n) is 5.46. The monoisotopic (exact) mass is 395 g/mol. The summed E-state index contributed by atoms with van der Waals surface area (Å²) in [6, 6.07) is 4.07. The second kappa shape index (κ2) is 8.39. The summed E-state index contributed by atoms with van der Waals surface area (Å²) in [5.74, 6) is 2.30. The molecule has 3 heterocycles. The molecular weight excluding hydrogens is 366 g/mol. The average molecular weight is 396 g/mol. The molecule has 0 aliphatic carbocycles. The molecule has 1 atom stereocenters. The number of ether oxygens (including phenoxy) is 1. The van der Waals surface area contributed by atoms with Crippen molar-refractivity contribution in [2.45, 2.75) is 39.2 Å². The number of nitrogens with one attached hydrogen (secondary N) is 3. The largest absolute Gasteiger partial charge is 0.493 e. The fraction of sp³-hybridized carbons (Fsp3) is 0.455. The molecule has 1 aromatic heterocycles. The van der Waals surface area contributed by atoms with Crippen molar-refractivity contribution in [2.75, 3.05) is 37.4 Å². The lowest BCUT2D eigenvalue weighted by Crippen LogP contribution is -2.24. The Bertz CT molecular complexity index is 941. The van der Waals surface area contributed by atoms with Gasteiger partial charge in [-0.1, -0.05) is 6.08 Å². The lowest BCUT2D eigenvalue weighted by molar-refractivity contribution is 0.180. The highest BCUT2D eigenvalue weighted by atomic mass is 16.5. The van der Waals surface area contributed by atoms with Gasteiger partial charge >= 0.3 is 0 Å². The van der Waals surface area contributed by atoms with Gasteiger partial charge in [0.15, 0.2) is 0 Å². The molecule has 154 valence electrons. The molecule has 4 rings (SSSR count).